The van der Waals surface area contributed by atoms with Gasteiger partial charge in [0.25, 0.3) is 0 Å². The van der Waals surface area contributed by atoms with Crippen LogP contribution >= 0.6 is 0 Å². The first kappa shape index (κ1) is 12.9. The molecule has 21 heavy (non-hydrogen) atoms. The van der Waals surface area contributed by atoms with Crippen molar-refractivity contribution in [2.45, 2.75) is 44.4 Å². The number of hydrogen-bond acceptors (Lipinski definition) is 3. The molecule has 2 unspecified atom stereocenters. The summed E-state index contributed by atoms with van der Waals surface area (Å²) in [7, 11) is 1.69. The van der Waals surface area contributed by atoms with Gasteiger partial charge in [-0.25, -0.2) is 0 Å². The highest BCUT2D eigenvalue weighted by molar-refractivity contribution is 5.88. The van der Waals surface area contributed by atoms with Crippen molar-refractivity contribution in [3.05, 3.63) is 29.5 Å². The topological polar surface area (TPSA) is 39.4 Å². The maximum Gasteiger partial charge on any atom is 0.136 e. The van der Waals surface area contributed by atoms with Gasteiger partial charge < -0.3 is 9.15 Å². The minimum atomic E-state index is 0.201. The van der Waals surface area contributed by atoms with Gasteiger partial charge in [-0.2, -0.15) is 0 Å². The standard InChI is InChI=1S/C18H20O3/c1-20-11-8-9-16-14(10-11)18-13-5-2-6-15(19)12(13)4-3-7-17(18)21-16/h8-10,12-13H,2-7H2,1H3. The minimum Gasteiger partial charge on any atom is -0.497 e. The fourth-order valence-electron chi connectivity index (χ4n) is 4.16. The third kappa shape index (κ3) is 1.98. The van der Waals surface area contributed by atoms with E-state index in [1.807, 2.05) is 12.1 Å². The molecule has 2 aliphatic rings. The van der Waals surface area contributed by atoms with Crippen LogP contribution in [0.4, 0.5) is 0 Å². The van der Waals surface area contributed by atoms with Crippen molar-refractivity contribution in [1.82, 2.24) is 0 Å². The zero-order valence-electron chi connectivity index (χ0n) is 12.4. The number of rotatable bonds is 1. The first-order valence-electron chi connectivity index (χ1n) is 7.90. The highest BCUT2D eigenvalue weighted by Gasteiger charge is 2.37. The van der Waals surface area contributed by atoms with E-state index in [0.717, 1.165) is 61.0 Å². The van der Waals surface area contributed by atoms with Crippen LogP contribution in [0.5, 0.6) is 5.75 Å². The molecule has 2 atom stereocenters. The average molecular weight is 284 g/mol. The number of methoxy groups -OCH3 is 1. The minimum absolute atomic E-state index is 0.201. The van der Waals surface area contributed by atoms with Crippen molar-refractivity contribution >= 4 is 16.8 Å². The molecule has 3 nitrogen and oxygen atoms in total. The summed E-state index contributed by atoms with van der Waals surface area (Å²) < 4.78 is 11.4. The van der Waals surface area contributed by atoms with Crippen molar-refractivity contribution in [3.63, 3.8) is 0 Å². The maximum absolute atomic E-state index is 12.3. The number of hydrogen-bond donors (Lipinski definition) is 0. The highest BCUT2D eigenvalue weighted by atomic mass is 16.5. The molecule has 0 radical (unpaired) electrons. The Kier molecular flexibility index (Phi) is 3.02. The summed E-state index contributed by atoms with van der Waals surface area (Å²) in [5, 5.41) is 1.15. The number of ketones is 1. The predicted octanol–water partition coefficient (Wildman–Crippen LogP) is 4.23. The Labute approximate surface area is 124 Å². The molecule has 0 saturated heterocycles. The van der Waals surface area contributed by atoms with Gasteiger partial charge in [0.15, 0.2) is 0 Å². The van der Waals surface area contributed by atoms with E-state index in [0.29, 0.717) is 11.7 Å². The maximum atomic E-state index is 12.3. The van der Waals surface area contributed by atoms with E-state index in [1.54, 1.807) is 7.11 Å². The Morgan fingerprint density at radius 3 is 2.81 bits per heavy atom. The third-order valence-corrected chi connectivity index (χ3v) is 5.14. The van der Waals surface area contributed by atoms with Crippen LogP contribution in [0.15, 0.2) is 22.6 Å². The van der Waals surface area contributed by atoms with Crippen LogP contribution < -0.4 is 4.74 Å². The number of carbonyl (C=O) groups is 1. The van der Waals surface area contributed by atoms with E-state index >= 15 is 0 Å². The molecule has 1 aromatic carbocycles. The predicted molar refractivity (Wildman–Crippen MR) is 80.8 cm³/mol. The Morgan fingerprint density at radius 2 is 1.95 bits per heavy atom. The number of carbonyl (C=O) groups excluding carboxylic acids is 1. The molecule has 1 fully saturated rings. The van der Waals surface area contributed by atoms with Gasteiger partial charge in [0.1, 0.15) is 22.9 Å². The van der Waals surface area contributed by atoms with Crippen LogP contribution in [0.3, 0.4) is 0 Å². The van der Waals surface area contributed by atoms with Crippen molar-refractivity contribution in [3.8, 4) is 5.75 Å². The lowest BCUT2D eigenvalue weighted by molar-refractivity contribution is -0.125. The molecule has 0 N–H and O–H groups in total. The molecule has 110 valence electrons. The van der Waals surface area contributed by atoms with Crippen LogP contribution in [0.25, 0.3) is 11.0 Å². The van der Waals surface area contributed by atoms with E-state index < -0.39 is 0 Å². The lowest BCUT2D eigenvalue weighted by Gasteiger charge is -2.29. The molecule has 0 bridgehead atoms. The third-order valence-electron chi connectivity index (χ3n) is 5.14. The summed E-state index contributed by atoms with van der Waals surface area (Å²) in [6.07, 6.45) is 5.89. The lowest BCUT2D eigenvalue weighted by atomic mass is 9.73. The number of ether oxygens (including phenoxy) is 1. The van der Waals surface area contributed by atoms with Crippen molar-refractivity contribution in [2.75, 3.05) is 7.11 Å². The first-order chi connectivity index (χ1) is 10.3. The molecule has 1 heterocycles. The van der Waals surface area contributed by atoms with Crippen LogP contribution in [0, 0.1) is 5.92 Å². The quantitative estimate of drug-likeness (QED) is 0.786. The fourth-order valence-corrected chi connectivity index (χ4v) is 4.16. The normalized spacial score (nSPS) is 25.3. The van der Waals surface area contributed by atoms with Crippen molar-refractivity contribution in [2.24, 2.45) is 5.92 Å². The van der Waals surface area contributed by atoms with Gasteiger partial charge in [-0.3, -0.25) is 4.79 Å². The molecule has 3 heteroatoms. The van der Waals surface area contributed by atoms with E-state index in [2.05, 4.69) is 6.07 Å². The first-order valence-corrected chi connectivity index (χ1v) is 7.90. The van der Waals surface area contributed by atoms with Gasteiger partial charge in [0, 0.05) is 29.7 Å². The van der Waals surface area contributed by atoms with E-state index in [4.69, 9.17) is 9.15 Å². The molecule has 1 saturated carbocycles. The summed E-state index contributed by atoms with van der Waals surface area (Å²) in [6, 6.07) is 6.00. The zero-order chi connectivity index (χ0) is 14.4. The molecule has 2 aliphatic carbocycles. The fraction of sp³-hybridized carbons (Fsp3) is 0.500. The summed E-state index contributed by atoms with van der Waals surface area (Å²) in [5.41, 5.74) is 2.22. The molecule has 4 rings (SSSR count). The second kappa shape index (κ2) is 4.90. The summed E-state index contributed by atoms with van der Waals surface area (Å²) in [4.78, 5) is 12.3. The largest absolute Gasteiger partial charge is 0.497 e. The summed E-state index contributed by atoms with van der Waals surface area (Å²) >= 11 is 0. The monoisotopic (exact) mass is 284 g/mol. The molecule has 1 aromatic heterocycles. The van der Waals surface area contributed by atoms with Crippen molar-refractivity contribution in [1.29, 1.82) is 0 Å². The highest BCUT2D eigenvalue weighted by Crippen LogP contribution is 2.46. The number of Topliss-reactive ketones (excluding diaryl/α,β-unsaturated/α-hetero) is 1. The molecule has 0 spiro atoms. The lowest BCUT2D eigenvalue weighted by Crippen LogP contribution is -2.26. The Bertz CT molecular complexity index is 698. The average Bonchev–Trinajstić information content (AvgIpc) is 2.75. The smallest absolute Gasteiger partial charge is 0.136 e. The second-order valence-electron chi connectivity index (χ2n) is 6.26. The number of fused-ring (bicyclic) bond motifs is 5. The number of aryl methyl sites for hydroxylation is 1. The van der Waals surface area contributed by atoms with Crippen LogP contribution in [-0.2, 0) is 11.2 Å². The summed E-state index contributed by atoms with van der Waals surface area (Å²) in [6.45, 7) is 0. The second-order valence-corrected chi connectivity index (χ2v) is 6.26. The zero-order valence-corrected chi connectivity index (χ0v) is 12.4. The van der Waals surface area contributed by atoms with E-state index in [-0.39, 0.29) is 5.92 Å². The number of benzene rings is 1. The van der Waals surface area contributed by atoms with Crippen LogP contribution in [-0.4, -0.2) is 12.9 Å². The van der Waals surface area contributed by atoms with Crippen LogP contribution in [0.2, 0.25) is 0 Å². The summed E-state index contributed by atoms with van der Waals surface area (Å²) in [5.74, 6) is 2.95. The molecule has 2 aromatic rings. The molecular formula is C18H20O3. The Balaban J connectivity index is 1.91. The van der Waals surface area contributed by atoms with Gasteiger partial charge in [-0.1, -0.05) is 0 Å². The van der Waals surface area contributed by atoms with Gasteiger partial charge >= 0.3 is 0 Å². The van der Waals surface area contributed by atoms with Gasteiger partial charge in [0.05, 0.1) is 7.11 Å². The van der Waals surface area contributed by atoms with Gasteiger partial charge in [-0.15, -0.1) is 0 Å². The SMILES string of the molecule is COc1ccc2oc3c(c2c1)C1CCCC(=O)C1CCC3. The van der Waals surface area contributed by atoms with Crippen LogP contribution in [0.1, 0.15) is 49.3 Å². The number of furan rings is 1. The molecule has 0 aliphatic heterocycles. The van der Waals surface area contributed by atoms with Gasteiger partial charge in [-0.05, 0) is 49.8 Å². The molecule has 0 amide bonds. The van der Waals surface area contributed by atoms with Crippen molar-refractivity contribution < 1.29 is 13.9 Å². The van der Waals surface area contributed by atoms with E-state index in [9.17, 15) is 4.79 Å². The van der Waals surface area contributed by atoms with Gasteiger partial charge in [0.2, 0.25) is 0 Å². The van der Waals surface area contributed by atoms with E-state index in [1.165, 1.54) is 5.56 Å². The Hall–Kier alpha value is -1.77. The molecular weight excluding hydrogens is 264 g/mol. The Morgan fingerprint density at radius 1 is 1.14 bits per heavy atom.